The predicted octanol–water partition coefficient (Wildman–Crippen LogP) is 3.77. The number of ether oxygens (including phenoxy) is 1. The first-order chi connectivity index (χ1) is 9.19. The zero-order valence-electron chi connectivity index (χ0n) is 11.5. The van der Waals surface area contributed by atoms with Crippen molar-refractivity contribution in [1.29, 1.82) is 0 Å². The lowest BCUT2D eigenvalue weighted by Crippen LogP contribution is -2.03. The molecule has 2 nitrogen and oxygen atoms in total. The molecule has 0 saturated carbocycles. The van der Waals surface area contributed by atoms with Gasteiger partial charge in [0.1, 0.15) is 0 Å². The van der Waals surface area contributed by atoms with E-state index in [1.807, 2.05) is 49.4 Å². The molecular weight excluding hydrogens is 236 g/mol. The van der Waals surface area contributed by atoms with Crippen molar-refractivity contribution >= 4 is 0 Å². The standard InChI is InChI=1S/C17H20O2/c1-3-14-7-9-16(10-8-14)17(18)19-12-15-6-4-5-13(2)11-15/h4-11,17-18H,3,12H2,1-2H3. The molecule has 0 heterocycles. The summed E-state index contributed by atoms with van der Waals surface area (Å²) in [5.41, 5.74) is 4.33. The topological polar surface area (TPSA) is 29.5 Å². The molecule has 0 saturated heterocycles. The van der Waals surface area contributed by atoms with Crippen LogP contribution >= 0.6 is 0 Å². The third-order valence-corrected chi connectivity index (χ3v) is 3.16. The van der Waals surface area contributed by atoms with Gasteiger partial charge in [-0.3, -0.25) is 0 Å². The van der Waals surface area contributed by atoms with E-state index < -0.39 is 6.29 Å². The lowest BCUT2D eigenvalue weighted by Gasteiger charge is -2.13. The molecule has 2 aromatic rings. The first kappa shape index (κ1) is 13.8. The molecule has 2 rings (SSSR count). The Morgan fingerprint density at radius 3 is 2.42 bits per heavy atom. The van der Waals surface area contributed by atoms with Crippen LogP contribution in [0.1, 0.15) is 35.5 Å². The lowest BCUT2D eigenvalue weighted by molar-refractivity contribution is -0.111. The first-order valence-corrected chi connectivity index (χ1v) is 6.63. The SMILES string of the molecule is CCc1ccc(C(O)OCc2cccc(C)c2)cc1. The molecule has 0 spiro atoms. The highest BCUT2D eigenvalue weighted by molar-refractivity contribution is 5.24. The highest BCUT2D eigenvalue weighted by Crippen LogP contribution is 2.17. The molecule has 100 valence electrons. The highest BCUT2D eigenvalue weighted by Gasteiger charge is 2.07. The van der Waals surface area contributed by atoms with E-state index in [1.54, 1.807) is 0 Å². The van der Waals surface area contributed by atoms with Gasteiger partial charge < -0.3 is 9.84 Å². The van der Waals surface area contributed by atoms with Crippen LogP contribution in [0.4, 0.5) is 0 Å². The number of rotatable bonds is 5. The third kappa shape index (κ3) is 3.91. The molecule has 1 unspecified atom stereocenters. The average Bonchev–Trinajstić information content (AvgIpc) is 2.45. The zero-order valence-corrected chi connectivity index (χ0v) is 11.5. The molecule has 0 bridgehead atoms. The van der Waals surface area contributed by atoms with Crippen molar-refractivity contribution < 1.29 is 9.84 Å². The maximum Gasteiger partial charge on any atom is 0.181 e. The summed E-state index contributed by atoms with van der Waals surface area (Å²) in [6.45, 7) is 4.57. The normalized spacial score (nSPS) is 12.4. The fourth-order valence-corrected chi connectivity index (χ4v) is 1.99. The average molecular weight is 256 g/mol. The summed E-state index contributed by atoms with van der Waals surface area (Å²) in [6.07, 6.45) is 0.131. The second-order valence-corrected chi connectivity index (χ2v) is 4.75. The van der Waals surface area contributed by atoms with Crippen LogP contribution < -0.4 is 0 Å². The minimum atomic E-state index is -0.869. The maximum absolute atomic E-state index is 9.99. The minimum absolute atomic E-state index is 0.415. The van der Waals surface area contributed by atoms with E-state index in [9.17, 15) is 5.11 Å². The Hall–Kier alpha value is -1.64. The van der Waals surface area contributed by atoms with E-state index in [2.05, 4.69) is 13.0 Å². The molecule has 2 heteroatoms. The van der Waals surface area contributed by atoms with Crippen LogP contribution in [0.5, 0.6) is 0 Å². The summed E-state index contributed by atoms with van der Waals surface area (Å²) in [7, 11) is 0. The largest absolute Gasteiger partial charge is 0.364 e. The van der Waals surface area contributed by atoms with Gasteiger partial charge in [0.15, 0.2) is 6.29 Å². The van der Waals surface area contributed by atoms with E-state index in [1.165, 1.54) is 11.1 Å². The van der Waals surface area contributed by atoms with Gasteiger partial charge in [0.05, 0.1) is 6.61 Å². The van der Waals surface area contributed by atoms with Gasteiger partial charge in [0.2, 0.25) is 0 Å². The van der Waals surface area contributed by atoms with Crippen LogP contribution in [0.3, 0.4) is 0 Å². The van der Waals surface area contributed by atoms with Crippen molar-refractivity contribution in [1.82, 2.24) is 0 Å². The summed E-state index contributed by atoms with van der Waals surface area (Å²) in [5.74, 6) is 0. The Balaban J connectivity index is 1.95. The van der Waals surface area contributed by atoms with Gasteiger partial charge in [0, 0.05) is 5.56 Å². The van der Waals surface area contributed by atoms with Crippen LogP contribution in [0.15, 0.2) is 48.5 Å². The smallest absolute Gasteiger partial charge is 0.181 e. The van der Waals surface area contributed by atoms with Gasteiger partial charge in [-0.2, -0.15) is 0 Å². The minimum Gasteiger partial charge on any atom is -0.364 e. The van der Waals surface area contributed by atoms with Gasteiger partial charge in [-0.1, -0.05) is 61.0 Å². The van der Waals surface area contributed by atoms with Gasteiger partial charge in [0.25, 0.3) is 0 Å². The molecule has 0 aromatic heterocycles. The highest BCUT2D eigenvalue weighted by atomic mass is 16.6. The monoisotopic (exact) mass is 256 g/mol. The van der Waals surface area contributed by atoms with Crippen molar-refractivity contribution in [3.63, 3.8) is 0 Å². The van der Waals surface area contributed by atoms with Crippen molar-refractivity contribution in [2.24, 2.45) is 0 Å². The molecule has 1 atom stereocenters. The Morgan fingerprint density at radius 2 is 1.79 bits per heavy atom. The Morgan fingerprint density at radius 1 is 1.05 bits per heavy atom. The fraction of sp³-hybridized carbons (Fsp3) is 0.294. The molecule has 1 N–H and O–H groups in total. The maximum atomic E-state index is 9.99. The Bertz CT molecular complexity index is 517. The van der Waals surface area contributed by atoms with Gasteiger partial charge in [-0.25, -0.2) is 0 Å². The molecule has 0 radical (unpaired) electrons. The number of aryl methyl sites for hydroxylation is 2. The summed E-state index contributed by atoms with van der Waals surface area (Å²) in [4.78, 5) is 0. The summed E-state index contributed by atoms with van der Waals surface area (Å²) in [5, 5.41) is 9.99. The molecule has 0 fully saturated rings. The quantitative estimate of drug-likeness (QED) is 0.825. The predicted molar refractivity (Wildman–Crippen MR) is 76.7 cm³/mol. The van der Waals surface area contributed by atoms with E-state index >= 15 is 0 Å². The summed E-state index contributed by atoms with van der Waals surface area (Å²) < 4.78 is 5.50. The van der Waals surface area contributed by atoms with E-state index in [-0.39, 0.29) is 0 Å². The molecule has 19 heavy (non-hydrogen) atoms. The van der Waals surface area contributed by atoms with Gasteiger partial charge in [-0.15, -0.1) is 0 Å². The number of hydrogen-bond acceptors (Lipinski definition) is 2. The molecule has 0 aliphatic rings. The first-order valence-electron chi connectivity index (χ1n) is 6.63. The van der Waals surface area contributed by atoms with Crippen LogP contribution in [0.25, 0.3) is 0 Å². The second-order valence-electron chi connectivity index (χ2n) is 4.75. The Labute approximate surface area is 114 Å². The molecular formula is C17H20O2. The molecule has 2 aromatic carbocycles. The Kier molecular flexibility index (Phi) is 4.72. The number of aliphatic hydroxyl groups is 1. The molecule has 0 amide bonds. The van der Waals surface area contributed by atoms with Crippen molar-refractivity contribution in [3.05, 3.63) is 70.8 Å². The fourth-order valence-electron chi connectivity index (χ4n) is 1.99. The van der Waals surface area contributed by atoms with E-state index in [4.69, 9.17) is 4.74 Å². The van der Waals surface area contributed by atoms with Gasteiger partial charge >= 0.3 is 0 Å². The summed E-state index contributed by atoms with van der Waals surface area (Å²) in [6, 6.07) is 16.0. The lowest BCUT2D eigenvalue weighted by atomic mass is 10.1. The molecule has 0 aliphatic heterocycles. The van der Waals surface area contributed by atoms with E-state index in [0.29, 0.717) is 6.61 Å². The summed E-state index contributed by atoms with van der Waals surface area (Å²) >= 11 is 0. The number of hydrogen-bond donors (Lipinski definition) is 1. The third-order valence-electron chi connectivity index (χ3n) is 3.16. The zero-order chi connectivity index (χ0) is 13.7. The van der Waals surface area contributed by atoms with Crippen LogP contribution in [0, 0.1) is 6.92 Å². The number of benzene rings is 2. The van der Waals surface area contributed by atoms with Crippen molar-refractivity contribution in [2.75, 3.05) is 0 Å². The number of aliphatic hydroxyl groups excluding tert-OH is 1. The second kappa shape index (κ2) is 6.50. The molecule has 0 aliphatic carbocycles. The van der Waals surface area contributed by atoms with Crippen molar-refractivity contribution in [3.8, 4) is 0 Å². The van der Waals surface area contributed by atoms with Crippen LogP contribution in [-0.4, -0.2) is 5.11 Å². The van der Waals surface area contributed by atoms with Crippen LogP contribution in [-0.2, 0) is 17.8 Å². The van der Waals surface area contributed by atoms with Crippen molar-refractivity contribution in [2.45, 2.75) is 33.2 Å². The van der Waals surface area contributed by atoms with Crippen LogP contribution in [0.2, 0.25) is 0 Å². The van der Waals surface area contributed by atoms with E-state index in [0.717, 1.165) is 17.5 Å². The van der Waals surface area contributed by atoms with Gasteiger partial charge in [-0.05, 0) is 24.5 Å².